The monoisotopic (exact) mass is 778 g/mol. The zero-order valence-corrected chi connectivity index (χ0v) is 32.7. The highest BCUT2D eigenvalue weighted by molar-refractivity contribution is 6.34. The molecular weight excluding hydrogens is 732 g/mol. The Balaban J connectivity index is 1.08. The van der Waals surface area contributed by atoms with Gasteiger partial charge in [-0.2, -0.15) is 5.10 Å². The van der Waals surface area contributed by atoms with E-state index in [0.29, 0.717) is 43.1 Å². The summed E-state index contributed by atoms with van der Waals surface area (Å²) in [6, 6.07) is 7.32. The number of imidazole rings is 1. The van der Waals surface area contributed by atoms with Crippen molar-refractivity contribution in [1.29, 1.82) is 0 Å². The zero-order valence-electron chi connectivity index (χ0n) is 32.0. The van der Waals surface area contributed by atoms with Crippen LogP contribution < -0.4 is 10.6 Å². The van der Waals surface area contributed by atoms with Gasteiger partial charge in [0.2, 0.25) is 11.8 Å². The van der Waals surface area contributed by atoms with Crippen molar-refractivity contribution in [2.24, 2.45) is 13.0 Å². The van der Waals surface area contributed by atoms with Crippen molar-refractivity contribution in [3.63, 3.8) is 0 Å². The van der Waals surface area contributed by atoms with E-state index in [1.807, 2.05) is 18.7 Å². The van der Waals surface area contributed by atoms with Crippen molar-refractivity contribution in [2.75, 3.05) is 58.7 Å². The molecule has 2 saturated heterocycles. The normalized spacial score (nSPS) is 16.0. The van der Waals surface area contributed by atoms with Crippen LogP contribution in [-0.4, -0.2) is 117 Å². The van der Waals surface area contributed by atoms with Gasteiger partial charge in [0.15, 0.2) is 17.5 Å². The maximum absolute atomic E-state index is 15.6. The number of anilines is 1. The predicted octanol–water partition coefficient (Wildman–Crippen LogP) is 4.74. The van der Waals surface area contributed by atoms with E-state index in [9.17, 15) is 19.2 Å². The molecule has 0 bridgehead atoms. The molecule has 0 saturated carbocycles. The number of nitrogens with one attached hydrogen (secondary N) is 2. The number of likely N-dealkylation sites (tertiary alicyclic amines) is 1. The van der Waals surface area contributed by atoms with Gasteiger partial charge < -0.3 is 29.5 Å². The fourth-order valence-corrected chi connectivity index (χ4v) is 7.49. The minimum atomic E-state index is -1.13. The number of carbonyl (C=O) groups is 4. The minimum absolute atomic E-state index is 0.0241. The smallest absolute Gasteiger partial charge is 0.291 e. The van der Waals surface area contributed by atoms with Crippen molar-refractivity contribution in [3.05, 3.63) is 76.5 Å². The number of nitrogens with zero attached hydrogens (tertiary/aromatic N) is 7. The average molecular weight is 779 g/mol. The first-order valence-corrected chi connectivity index (χ1v) is 18.8. The van der Waals surface area contributed by atoms with Crippen LogP contribution in [0.1, 0.15) is 53.4 Å². The second-order valence-corrected chi connectivity index (χ2v) is 15.7. The molecule has 2 N–H and O–H groups in total. The highest BCUT2D eigenvalue weighted by Gasteiger charge is 2.35. The van der Waals surface area contributed by atoms with Gasteiger partial charge in [-0.15, -0.1) is 0 Å². The maximum atomic E-state index is 15.6. The first kappa shape index (κ1) is 39.5. The Hall–Kier alpha value is -5.15. The molecule has 16 heteroatoms. The Kier molecular flexibility index (Phi) is 11.4. The third-order valence-electron chi connectivity index (χ3n) is 10.4. The van der Waals surface area contributed by atoms with Gasteiger partial charge in [0.1, 0.15) is 6.54 Å². The Bertz CT molecular complexity index is 2130. The number of amides is 4. The van der Waals surface area contributed by atoms with Crippen molar-refractivity contribution in [1.82, 2.24) is 34.4 Å². The molecule has 0 radical (unpaired) electrons. The third kappa shape index (κ3) is 8.57. The molecule has 0 aliphatic carbocycles. The predicted molar refractivity (Wildman–Crippen MR) is 204 cm³/mol. The molecule has 4 heterocycles. The highest BCUT2D eigenvalue weighted by atomic mass is 35.5. The summed E-state index contributed by atoms with van der Waals surface area (Å²) >= 11 is 6.55. The number of aryl methyl sites for hydroxylation is 1. The van der Waals surface area contributed by atoms with Gasteiger partial charge in [0.05, 0.1) is 55.4 Å². The summed E-state index contributed by atoms with van der Waals surface area (Å²) in [5.74, 6) is -3.27. The van der Waals surface area contributed by atoms with Crippen molar-refractivity contribution >= 4 is 40.9 Å². The van der Waals surface area contributed by atoms with Crippen LogP contribution in [0.3, 0.4) is 0 Å². The summed E-state index contributed by atoms with van der Waals surface area (Å²) < 4.78 is 34.9. The lowest BCUT2D eigenvalue weighted by Crippen LogP contribution is -2.54. The van der Waals surface area contributed by atoms with E-state index in [-0.39, 0.29) is 69.5 Å². The lowest BCUT2D eigenvalue weighted by Gasteiger charge is -2.40. The second-order valence-electron chi connectivity index (χ2n) is 15.3. The standard InChI is InChI=1S/C39H46ClF2N9O4/c1-23(2)44-33(52)22-50-21-30(24(3)46-50)27-9-10-29(35(42)34(27)41)32-20-43-36(47(32)4)37(53)45-26-7-8-28(31(40)19-26)39(55)49-15-13-48(14-16-49)38(54)25-11-17-51(5,6)18-12-25/h7-10,19-21,23,25H,11-18,22H2,1-6H3,(H-,44,45,52,53,55)/p+1. The topological polar surface area (TPSA) is 134 Å². The van der Waals surface area contributed by atoms with E-state index < -0.39 is 17.5 Å². The molecule has 0 spiro atoms. The summed E-state index contributed by atoms with van der Waals surface area (Å²) in [5, 5.41) is 9.91. The number of piperidine rings is 1. The third-order valence-corrected chi connectivity index (χ3v) is 10.7. The van der Waals surface area contributed by atoms with E-state index >= 15 is 8.78 Å². The van der Waals surface area contributed by atoms with Crippen molar-refractivity contribution < 1.29 is 32.4 Å². The molecule has 292 valence electrons. The minimum Gasteiger partial charge on any atom is -0.352 e. The fraction of sp³-hybridized carbons (Fsp3) is 0.436. The van der Waals surface area contributed by atoms with E-state index in [1.165, 1.54) is 53.0 Å². The lowest BCUT2D eigenvalue weighted by molar-refractivity contribution is -0.895. The second kappa shape index (κ2) is 15.9. The number of benzene rings is 2. The molecule has 2 aromatic heterocycles. The van der Waals surface area contributed by atoms with Crippen LogP contribution in [0.25, 0.3) is 22.4 Å². The largest absolute Gasteiger partial charge is 0.352 e. The van der Waals surface area contributed by atoms with Gasteiger partial charge in [-0.25, -0.2) is 13.8 Å². The van der Waals surface area contributed by atoms with Gasteiger partial charge in [-0.1, -0.05) is 17.7 Å². The van der Waals surface area contributed by atoms with Crippen LogP contribution in [0.5, 0.6) is 0 Å². The summed E-state index contributed by atoms with van der Waals surface area (Å²) in [4.78, 5) is 59.8. The maximum Gasteiger partial charge on any atom is 0.291 e. The first-order chi connectivity index (χ1) is 26.0. The molecular formula is C39H47ClF2N9O4+. The quantitative estimate of drug-likeness (QED) is 0.236. The zero-order chi connectivity index (χ0) is 39.8. The summed E-state index contributed by atoms with van der Waals surface area (Å²) in [6.45, 7) is 8.90. The number of hydrogen-bond donors (Lipinski definition) is 2. The van der Waals surface area contributed by atoms with Crippen molar-refractivity contribution in [2.45, 2.75) is 46.2 Å². The van der Waals surface area contributed by atoms with Crippen LogP contribution in [0.4, 0.5) is 14.5 Å². The molecule has 4 amide bonds. The number of aromatic nitrogens is 4. The molecule has 13 nitrogen and oxygen atoms in total. The fourth-order valence-electron chi connectivity index (χ4n) is 7.23. The number of quaternary nitrogens is 1. The summed E-state index contributed by atoms with van der Waals surface area (Å²) in [5.41, 5.74) is 1.36. The molecule has 2 fully saturated rings. The van der Waals surface area contributed by atoms with Crippen LogP contribution in [-0.2, 0) is 23.2 Å². The van der Waals surface area contributed by atoms with Crippen LogP contribution in [0.15, 0.2) is 42.7 Å². The lowest BCUT2D eigenvalue weighted by atomic mass is 9.94. The van der Waals surface area contributed by atoms with Gasteiger partial charge in [0.25, 0.3) is 11.8 Å². The summed E-state index contributed by atoms with van der Waals surface area (Å²) in [6.07, 6.45) is 4.51. The highest BCUT2D eigenvalue weighted by Crippen LogP contribution is 2.33. The number of rotatable bonds is 9. The Morgan fingerprint density at radius 3 is 2.24 bits per heavy atom. The molecule has 0 unspecified atom stereocenters. The van der Waals surface area contributed by atoms with Gasteiger partial charge in [-0.05, 0) is 45.0 Å². The van der Waals surface area contributed by atoms with Gasteiger partial charge in [-0.3, -0.25) is 23.9 Å². The van der Waals surface area contributed by atoms with Crippen LogP contribution in [0.2, 0.25) is 5.02 Å². The van der Waals surface area contributed by atoms with Crippen molar-refractivity contribution in [3.8, 4) is 22.4 Å². The number of halogens is 3. The van der Waals surface area contributed by atoms with E-state index in [1.54, 1.807) is 17.9 Å². The summed E-state index contributed by atoms with van der Waals surface area (Å²) in [7, 11) is 5.88. The molecule has 0 atom stereocenters. The molecule has 4 aromatic rings. The molecule has 6 rings (SSSR count). The first-order valence-electron chi connectivity index (χ1n) is 18.4. The average Bonchev–Trinajstić information content (AvgIpc) is 3.69. The van der Waals surface area contributed by atoms with Crippen LogP contribution >= 0.6 is 11.6 Å². The van der Waals surface area contributed by atoms with E-state index in [0.717, 1.165) is 30.4 Å². The molecule has 2 aliphatic heterocycles. The van der Waals surface area contributed by atoms with Gasteiger partial charge in [0, 0.05) is 86.6 Å². The van der Waals surface area contributed by atoms with E-state index in [4.69, 9.17) is 11.6 Å². The number of piperazine rings is 1. The van der Waals surface area contributed by atoms with Crippen LogP contribution in [0, 0.1) is 24.5 Å². The Morgan fingerprint density at radius 2 is 1.58 bits per heavy atom. The Morgan fingerprint density at radius 1 is 0.945 bits per heavy atom. The SMILES string of the molecule is Cc1nn(CC(=O)NC(C)C)cc1-c1ccc(-c2cnc(C(=O)Nc3ccc(C(=O)N4CCN(C(=O)C5CC[N+](C)(C)CC5)CC4)c(Cl)c3)n2C)c(F)c1F. The number of carbonyl (C=O) groups excluding carboxylic acids is 4. The molecule has 2 aromatic carbocycles. The van der Waals surface area contributed by atoms with Gasteiger partial charge >= 0.3 is 0 Å². The molecule has 55 heavy (non-hydrogen) atoms. The molecule has 2 aliphatic rings. The Labute approximate surface area is 323 Å². The number of hydrogen-bond acceptors (Lipinski definition) is 6. The van der Waals surface area contributed by atoms with E-state index in [2.05, 4.69) is 34.8 Å².